The van der Waals surface area contributed by atoms with Gasteiger partial charge in [0, 0.05) is 25.7 Å². The maximum absolute atomic E-state index is 12.3. The van der Waals surface area contributed by atoms with E-state index in [0.717, 1.165) is 12.4 Å². The van der Waals surface area contributed by atoms with Crippen molar-refractivity contribution < 1.29 is 0 Å². The van der Waals surface area contributed by atoms with Crippen LogP contribution in [0.3, 0.4) is 0 Å². The zero-order valence-electron chi connectivity index (χ0n) is 11.1. The molecule has 0 spiro atoms. The van der Waals surface area contributed by atoms with E-state index in [-0.39, 0.29) is 5.56 Å². The molecule has 0 bridgehead atoms. The summed E-state index contributed by atoms with van der Waals surface area (Å²) in [6.07, 6.45) is 5.50. The highest BCUT2D eigenvalue weighted by Gasteiger charge is 2.07. The van der Waals surface area contributed by atoms with Crippen LogP contribution in [0.25, 0.3) is 11.0 Å². The monoisotopic (exact) mass is 270 g/mol. The molecule has 0 atom stereocenters. The molecule has 0 aromatic carbocycles. The van der Waals surface area contributed by atoms with E-state index in [1.54, 1.807) is 29.2 Å². The number of pyridine rings is 1. The third-order valence-corrected chi connectivity index (χ3v) is 3.21. The second-order valence-corrected chi connectivity index (χ2v) is 4.40. The topological polar surface area (TPSA) is 78.5 Å². The number of rotatable bonds is 4. The van der Waals surface area contributed by atoms with Crippen molar-refractivity contribution in [2.75, 3.05) is 0 Å². The lowest BCUT2D eigenvalue weighted by Gasteiger charge is -2.06. The Morgan fingerprint density at radius 3 is 2.95 bits per heavy atom. The fraction of sp³-hybridized carbons (Fsp3) is 0.308. The quantitative estimate of drug-likeness (QED) is 0.695. The molecule has 7 nitrogen and oxygen atoms in total. The van der Waals surface area contributed by atoms with E-state index < -0.39 is 0 Å². The van der Waals surface area contributed by atoms with Crippen molar-refractivity contribution in [3.05, 3.63) is 47.2 Å². The molecular formula is C13H14N6O. The van der Waals surface area contributed by atoms with Crippen LogP contribution in [0.4, 0.5) is 0 Å². The van der Waals surface area contributed by atoms with Crippen LogP contribution in [0, 0.1) is 0 Å². The van der Waals surface area contributed by atoms with Crippen LogP contribution in [0.5, 0.6) is 0 Å². The summed E-state index contributed by atoms with van der Waals surface area (Å²) >= 11 is 0. The van der Waals surface area contributed by atoms with E-state index in [1.165, 1.54) is 6.33 Å². The van der Waals surface area contributed by atoms with Gasteiger partial charge in [0.1, 0.15) is 12.2 Å². The second-order valence-electron chi connectivity index (χ2n) is 4.40. The Morgan fingerprint density at radius 2 is 2.10 bits per heavy atom. The zero-order chi connectivity index (χ0) is 13.9. The minimum atomic E-state index is -0.0781. The Morgan fingerprint density at radius 1 is 1.20 bits per heavy atom. The summed E-state index contributed by atoms with van der Waals surface area (Å²) in [4.78, 5) is 20.5. The summed E-state index contributed by atoms with van der Waals surface area (Å²) in [7, 11) is 0. The van der Waals surface area contributed by atoms with Gasteiger partial charge < -0.3 is 4.57 Å². The number of fused-ring (bicyclic) bond motifs is 1. The molecule has 7 heteroatoms. The van der Waals surface area contributed by atoms with Crippen molar-refractivity contribution in [3.63, 3.8) is 0 Å². The minimum absolute atomic E-state index is 0.0781. The van der Waals surface area contributed by atoms with Crippen LogP contribution in [0.2, 0.25) is 0 Å². The molecular weight excluding hydrogens is 256 g/mol. The first-order valence-corrected chi connectivity index (χ1v) is 6.46. The van der Waals surface area contributed by atoms with Crippen molar-refractivity contribution in [1.82, 2.24) is 29.3 Å². The SMILES string of the molecule is CCn1cnnc1CCn1cnc2ncccc2c1=O. The summed E-state index contributed by atoms with van der Waals surface area (Å²) < 4.78 is 3.54. The number of hydrogen-bond donors (Lipinski definition) is 0. The fourth-order valence-corrected chi connectivity index (χ4v) is 2.11. The summed E-state index contributed by atoms with van der Waals surface area (Å²) in [6.45, 7) is 3.37. The number of hydrogen-bond acceptors (Lipinski definition) is 5. The Bertz CT molecular complexity index is 791. The smallest absolute Gasteiger partial charge is 0.262 e. The van der Waals surface area contributed by atoms with E-state index in [0.29, 0.717) is 24.0 Å². The number of aromatic nitrogens is 6. The van der Waals surface area contributed by atoms with Crippen LogP contribution in [0.1, 0.15) is 12.7 Å². The van der Waals surface area contributed by atoms with Crippen molar-refractivity contribution in [3.8, 4) is 0 Å². The molecule has 0 radical (unpaired) electrons. The predicted octanol–water partition coefficient (Wildman–Crippen LogP) is 0.646. The molecule has 0 unspecified atom stereocenters. The standard InChI is InChI=1S/C13H14N6O/c1-2-18-9-16-17-11(18)5-7-19-8-15-12-10(13(19)20)4-3-6-14-12/h3-4,6,8-9H,2,5,7H2,1H3. The van der Waals surface area contributed by atoms with Gasteiger partial charge in [-0.25, -0.2) is 9.97 Å². The first-order chi connectivity index (χ1) is 9.79. The molecule has 3 aromatic rings. The third kappa shape index (κ3) is 2.18. The normalized spacial score (nSPS) is 11.1. The molecule has 0 saturated heterocycles. The van der Waals surface area contributed by atoms with Gasteiger partial charge >= 0.3 is 0 Å². The first kappa shape index (κ1) is 12.5. The highest BCUT2D eigenvalue weighted by molar-refractivity contribution is 5.72. The molecule has 3 heterocycles. The minimum Gasteiger partial charge on any atom is -0.318 e. The van der Waals surface area contributed by atoms with Crippen molar-refractivity contribution in [1.29, 1.82) is 0 Å². The molecule has 0 aliphatic rings. The lowest BCUT2D eigenvalue weighted by molar-refractivity contribution is 0.607. The van der Waals surface area contributed by atoms with Gasteiger partial charge in [0.15, 0.2) is 5.65 Å². The molecule has 3 aromatic heterocycles. The fourth-order valence-electron chi connectivity index (χ4n) is 2.11. The average Bonchev–Trinajstić information content (AvgIpc) is 2.94. The third-order valence-electron chi connectivity index (χ3n) is 3.21. The molecule has 102 valence electrons. The predicted molar refractivity (Wildman–Crippen MR) is 73.2 cm³/mol. The van der Waals surface area contributed by atoms with Gasteiger partial charge in [0.05, 0.1) is 11.7 Å². The van der Waals surface area contributed by atoms with E-state index in [4.69, 9.17) is 0 Å². The van der Waals surface area contributed by atoms with E-state index in [1.807, 2.05) is 11.5 Å². The van der Waals surface area contributed by atoms with Gasteiger partial charge in [-0.1, -0.05) is 0 Å². The van der Waals surface area contributed by atoms with Crippen LogP contribution < -0.4 is 5.56 Å². The van der Waals surface area contributed by atoms with Crippen LogP contribution in [0.15, 0.2) is 35.8 Å². The zero-order valence-corrected chi connectivity index (χ0v) is 11.1. The van der Waals surface area contributed by atoms with Crippen molar-refractivity contribution >= 4 is 11.0 Å². The van der Waals surface area contributed by atoms with Gasteiger partial charge in [0.2, 0.25) is 0 Å². The van der Waals surface area contributed by atoms with Gasteiger partial charge in [-0.3, -0.25) is 9.36 Å². The lowest BCUT2D eigenvalue weighted by atomic mass is 10.3. The van der Waals surface area contributed by atoms with E-state index >= 15 is 0 Å². The second kappa shape index (κ2) is 5.20. The molecule has 0 N–H and O–H groups in total. The molecule has 0 aliphatic heterocycles. The maximum atomic E-state index is 12.3. The Kier molecular flexibility index (Phi) is 3.24. The molecule has 0 aliphatic carbocycles. The summed E-state index contributed by atoms with van der Waals surface area (Å²) in [5.41, 5.74) is 0.399. The number of nitrogens with zero attached hydrogens (tertiary/aromatic N) is 6. The first-order valence-electron chi connectivity index (χ1n) is 6.46. The van der Waals surface area contributed by atoms with Crippen molar-refractivity contribution in [2.24, 2.45) is 0 Å². The van der Waals surface area contributed by atoms with Crippen LogP contribution >= 0.6 is 0 Å². The van der Waals surface area contributed by atoms with E-state index in [2.05, 4.69) is 20.2 Å². The molecule has 0 saturated carbocycles. The van der Waals surface area contributed by atoms with Crippen LogP contribution in [-0.4, -0.2) is 29.3 Å². The Balaban J connectivity index is 1.88. The lowest BCUT2D eigenvalue weighted by Crippen LogP contribution is -2.22. The maximum Gasteiger partial charge on any atom is 0.262 e. The molecule has 20 heavy (non-hydrogen) atoms. The average molecular weight is 270 g/mol. The largest absolute Gasteiger partial charge is 0.318 e. The summed E-state index contributed by atoms with van der Waals surface area (Å²) in [6, 6.07) is 3.48. The highest BCUT2D eigenvalue weighted by atomic mass is 16.1. The molecule has 0 fully saturated rings. The molecule has 3 rings (SSSR count). The Hall–Kier alpha value is -2.57. The highest BCUT2D eigenvalue weighted by Crippen LogP contribution is 2.02. The Labute approximate surface area is 114 Å². The van der Waals surface area contributed by atoms with E-state index in [9.17, 15) is 4.79 Å². The molecule has 0 amide bonds. The van der Waals surface area contributed by atoms with Crippen molar-refractivity contribution in [2.45, 2.75) is 26.4 Å². The van der Waals surface area contributed by atoms with Crippen LogP contribution in [-0.2, 0) is 19.5 Å². The van der Waals surface area contributed by atoms with Gasteiger partial charge in [0.25, 0.3) is 5.56 Å². The van der Waals surface area contributed by atoms with Gasteiger partial charge in [-0.15, -0.1) is 10.2 Å². The van der Waals surface area contributed by atoms with Gasteiger partial charge in [-0.05, 0) is 19.1 Å². The summed E-state index contributed by atoms with van der Waals surface area (Å²) in [5.74, 6) is 0.866. The van der Waals surface area contributed by atoms with Gasteiger partial charge in [-0.2, -0.15) is 0 Å². The number of aryl methyl sites for hydroxylation is 3. The summed E-state index contributed by atoms with van der Waals surface area (Å²) in [5, 5.41) is 8.47.